The summed E-state index contributed by atoms with van der Waals surface area (Å²) in [6, 6.07) is 17.6. The van der Waals surface area contributed by atoms with Gasteiger partial charge in [0.15, 0.2) is 0 Å². The molecule has 232 valence electrons. The van der Waals surface area contributed by atoms with Gasteiger partial charge in [0.2, 0.25) is 0 Å². The van der Waals surface area contributed by atoms with Crippen LogP contribution in [0.1, 0.15) is 130 Å². The second-order valence-corrected chi connectivity index (χ2v) is 14.1. The topological polar surface area (TPSA) is 23.8 Å². The van der Waals surface area contributed by atoms with Gasteiger partial charge in [0.25, 0.3) is 0 Å². The summed E-state index contributed by atoms with van der Waals surface area (Å²) in [4.78, 5) is 0. The number of rotatable bonds is 11. The summed E-state index contributed by atoms with van der Waals surface area (Å²) in [6.45, 7) is 34.6. The van der Waals surface area contributed by atoms with Crippen LogP contribution in [-0.4, -0.2) is 0 Å². The van der Waals surface area contributed by atoms with Gasteiger partial charge in [-0.25, -0.2) is 0 Å². The summed E-state index contributed by atoms with van der Waals surface area (Å²) in [6.07, 6.45) is 10.3. The van der Waals surface area contributed by atoms with Crippen molar-refractivity contribution in [3.63, 3.8) is 0 Å². The first-order valence-corrected chi connectivity index (χ1v) is 16.1. The van der Waals surface area contributed by atoms with Gasteiger partial charge in [0, 0.05) is 0 Å². The molecule has 0 bridgehead atoms. The lowest BCUT2D eigenvalue weighted by molar-refractivity contribution is 0.218. The summed E-state index contributed by atoms with van der Waals surface area (Å²) >= 11 is 0. The Balaban J connectivity index is 0.00000452. The molecule has 0 heterocycles. The molecule has 0 N–H and O–H groups in total. The van der Waals surface area contributed by atoms with Crippen LogP contribution in [0, 0.1) is 28.1 Å². The smallest absolute Gasteiger partial charge is 0.0994 e. The zero-order valence-corrected chi connectivity index (χ0v) is 29.5. The Morgan fingerprint density at radius 2 is 1.37 bits per heavy atom. The fourth-order valence-corrected chi connectivity index (χ4v) is 5.74. The molecule has 0 unspecified atom stereocenters. The van der Waals surface area contributed by atoms with E-state index >= 15 is 0 Å². The van der Waals surface area contributed by atoms with E-state index in [1.165, 1.54) is 27.8 Å². The molecule has 43 heavy (non-hydrogen) atoms. The lowest BCUT2D eigenvalue weighted by Gasteiger charge is -2.31. The Kier molecular flexibility index (Phi) is 14.9. The van der Waals surface area contributed by atoms with E-state index in [-0.39, 0.29) is 10.8 Å². The van der Waals surface area contributed by atoms with Crippen LogP contribution in [0.4, 0.5) is 0 Å². The summed E-state index contributed by atoms with van der Waals surface area (Å²) in [5, 5.41) is 10.2. The maximum Gasteiger partial charge on any atom is 0.0994 e. The number of benzene rings is 2. The third-order valence-corrected chi connectivity index (χ3v) is 7.74. The predicted octanol–water partition coefficient (Wildman–Crippen LogP) is 13.0. The zero-order valence-electron chi connectivity index (χ0n) is 29.5. The SMILES string of the molecule is C=C\C=C(/C(C)=C(C)/C=C(\C)c1ccc(C(=C)CC)cc1)c1ccc(CC(CC(C)(C)C)CC(C)(C)C)c(C#N)c1.CC. The Bertz CT molecular complexity index is 1340. The maximum atomic E-state index is 10.2. The van der Waals surface area contributed by atoms with Crippen molar-refractivity contribution in [1.29, 1.82) is 5.26 Å². The molecule has 0 atom stereocenters. The van der Waals surface area contributed by atoms with Crippen molar-refractivity contribution in [1.82, 2.24) is 0 Å². The Labute approximate surface area is 265 Å². The molecule has 2 rings (SSSR count). The predicted molar refractivity (Wildman–Crippen MR) is 194 cm³/mol. The van der Waals surface area contributed by atoms with Crippen molar-refractivity contribution in [3.8, 4) is 6.07 Å². The molecule has 0 radical (unpaired) electrons. The minimum absolute atomic E-state index is 0.250. The third-order valence-electron chi connectivity index (χ3n) is 7.74. The van der Waals surface area contributed by atoms with Gasteiger partial charge in [0.1, 0.15) is 0 Å². The number of nitrogens with zero attached hydrogens (tertiary/aromatic N) is 1. The molecule has 1 nitrogen and oxygen atoms in total. The van der Waals surface area contributed by atoms with Crippen LogP contribution < -0.4 is 0 Å². The van der Waals surface area contributed by atoms with Crippen molar-refractivity contribution in [2.75, 3.05) is 0 Å². The normalized spacial score (nSPS) is 13.1. The van der Waals surface area contributed by atoms with Crippen LogP contribution in [0.5, 0.6) is 0 Å². The lowest BCUT2D eigenvalue weighted by atomic mass is 9.74. The van der Waals surface area contributed by atoms with Crippen LogP contribution in [0.2, 0.25) is 0 Å². The van der Waals surface area contributed by atoms with Gasteiger partial charge in [-0.1, -0.05) is 130 Å². The van der Waals surface area contributed by atoms with Crippen molar-refractivity contribution in [2.45, 2.75) is 109 Å². The van der Waals surface area contributed by atoms with Crippen LogP contribution in [-0.2, 0) is 6.42 Å². The first kappa shape index (κ1) is 37.7. The van der Waals surface area contributed by atoms with E-state index < -0.39 is 0 Å². The molecule has 0 aliphatic rings. The second kappa shape index (κ2) is 17.1. The van der Waals surface area contributed by atoms with Crippen LogP contribution in [0.15, 0.2) is 85.0 Å². The van der Waals surface area contributed by atoms with Gasteiger partial charge >= 0.3 is 0 Å². The van der Waals surface area contributed by atoms with Gasteiger partial charge in [0.05, 0.1) is 11.6 Å². The molecule has 0 aromatic heterocycles. The third kappa shape index (κ3) is 12.4. The molecular weight excluding hydrogens is 518 g/mol. The minimum atomic E-state index is 0.250. The van der Waals surface area contributed by atoms with Crippen molar-refractivity contribution in [2.24, 2.45) is 16.7 Å². The highest BCUT2D eigenvalue weighted by Crippen LogP contribution is 2.36. The Hall–Kier alpha value is -3.37. The summed E-state index contributed by atoms with van der Waals surface area (Å²) < 4.78 is 0. The van der Waals surface area contributed by atoms with Crippen LogP contribution in [0.3, 0.4) is 0 Å². The summed E-state index contributed by atoms with van der Waals surface area (Å²) in [5.74, 6) is 0.530. The average Bonchev–Trinajstić information content (AvgIpc) is 2.94. The van der Waals surface area contributed by atoms with Gasteiger partial charge < -0.3 is 0 Å². The molecule has 0 spiro atoms. The molecule has 2 aromatic rings. The second-order valence-electron chi connectivity index (χ2n) is 14.1. The van der Waals surface area contributed by atoms with Crippen LogP contribution in [0.25, 0.3) is 16.7 Å². The van der Waals surface area contributed by atoms with E-state index in [2.05, 4.69) is 143 Å². The molecule has 0 saturated heterocycles. The van der Waals surface area contributed by atoms with Gasteiger partial charge in [-0.3, -0.25) is 0 Å². The molecule has 0 saturated carbocycles. The van der Waals surface area contributed by atoms with Crippen LogP contribution >= 0.6 is 0 Å². The standard InChI is InChI=1S/C40H53N.C2H6/c1-13-15-38(31(6)29(4)22-30(5)34-18-16-33(17-19-34)28(3)14-2)36-21-20-35(37(24-36)27-41)23-32(25-39(7,8)9)26-40(10,11)12;1-2/h13,15-22,24,32H,1,3,14,23,25-26H2,2,4-12H3;1-2H3/b30-22+,31-29+,38-15+;. The maximum absolute atomic E-state index is 10.2. The minimum Gasteiger partial charge on any atom is -0.192 e. The quantitative estimate of drug-likeness (QED) is 0.244. The van der Waals surface area contributed by atoms with E-state index in [1.54, 1.807) is 0 Å². The van der Waals surface area contributed by atoms with E-state index in [4.69, 9.17) is 0 Å². The van der Waals surface area contributed by atoms with Gasteiger partial charge in [-0.15, -0.1) is 0 Å². The molecule has 0 aliphatic carbocycles. The largest absolute Gasteiger partial charge is 0.192 e. The van der Waals surface area contributed by atoms with Gasteiger partial charge in [-0.05, 0) is 119 Å². The summed E-state index contributed by atoms with van der Waals surface area (Å²) in [7, 11) is 0. The highest BCUT2D eigenvalue weighted by molar-refractivity contribution is 5.82. The lowest BCUT2D eigenvalue weighted by Crippen LogP contribution is -2.21. The molecular formula is C42H59N. The molecule has 0 aliphatic heterocycles. The fourth-order valence-electron chi connectivity index (χ4n) is 5.74. The summed E-state index contributed by atoms with van der Waals surface area (Å²) in [5.41, 5.74) is 11.7. The Morgan fingerprint density at radius 3 is 1.84 bits per heavy atom. The number of hydrogen-bond donors (Lipinski definition) is 0. The molecule has 0 fully saturated rings. The van der Waals surface area contributed by atoms with E-state index in [0.29, 0.717) is 5.92 Å². The van der Waals surface area contributed by atoms with E-state index in [0.717, 1.165) is 53.5 Å². The fraction of sp³-hybridized carbons (Fsp3) is 0.452. The first-order chi connectivity index (χ1) is 20.1. The highest BCUT2D eigenvalue weighted by atomic mass is 14.3. The molecule has 2 aromatic carbocycles. The molecule has 0 amide bonds. The monoisotopic (exact) mass is 577 g/mol. The highest BCUT2D eigenvalue weighted by Gasteiger charge is 2.25. The van der Waals surface area contributed by atoms with Crippen molar-refractivity contribution >= 4 is 16.7 Å². The van der Waals surface area contributed by atoms with E-state index in [9.17, 15) is 5.26 Å². The number of nitriles is 1. The first-order valence-electron chi connectivity index (χ1n) is 16.1. The zero-order chi connectivity index (χ0) is 33.0. The Morgan fingerprint density at radius 1 is 0.860 bits per heavy atom. The van der Waals surface area contributed by atoms with Crippen molar-refractivity contribution in [3.05, 3.63) is 113 Å². The number of allylic oxidation sites excluding steroid dienone is 8. The van der Waals surface area contributed by atoms with Gasteiger partial charge in [-0.2, -0.15) is 5.26 Å². The average molecular weight is 578 g/mol. The number of hydrogen-bond acceptors (Lipinski definition) is 1. The van der Waals surface area contributed by atoms with Crippen molar-refractivity contribution < 1.29 is 0 Å². The van der Waals surface area contributed by atoms with E-state index in [1.807, 2.05) is 19.9 Å². The molecule has 1 heteroatoms.